The van der Waals surface area contributed by atoms with Crippen molar-refractivity contribution in [2.75, 3.05) is 23.8 Å². The molecule has 150 valence electrons. The number of nitrogens with zero attached hydrogens (tertiary/aromatic N) is 1. The Kier molecular flexibility index (Phi) is 5.54. The summed E-state index contributed by atoms with van der Waals surface area (Å²) in [7, 11) is 0. The molecule has 1 aliphatic rings. The first-order valence-electron chi connectivity index (χ1n) is 9.30. The van der Waals surface area contributed by atoms with Gasteiger partial charge in [0, 0.05) is 30.8 Å². The highest BCUT2D eigenvalue weighted by Crippen LogP contribution is 2.38. The predicted molar refractivity (Wildman–Crippen MR) is 116 cm³/mol. The molecule has 1 aromatic heterocycles. The number of carbonyl (C=O) groups excluding carboxylic acids is 2. The van der Waals surface area contributed by atoms with Crippen LogP contribution in [0.3, 0.4) is 0 Å². The summed E-state index contributed by atoms with van der Waals surface area (Å²) in [6.07, 6.45) is 1.16. The molecule has 0 unspecified atom stereocenters. The molecule has 1 saturated heterocycles. The normalized spacial score (nSPS) is 15.8. The fourth-order valence-corrected chi connectivity index (χ4v) is 4.72. The third-order valence-electron chi connectivity index (χ3n) is 5.09. The first-order chi connectivity index (χ1) is 14.0. The number of ether oxygens (including phenoxy) is 1. The van der Waals surface area contributed by atoms with Crippen LogP contribution in [-0.2, 0) is 19.7 Å². The molecule has 8 heteroatoms. The van der Waals surface area contributed by atoms with E-state index in [4.69, 9.17) is 16.3 Å². The van der Waals surface area contributed by atoms with Crippen molar-refractivity contribution in [1.82, 2.24) is 4.98 Å². The fraction of sp³-hybridized carbons (Fsp3) is 0.286. The first kappa shape index (κ1) is 19.8. The van der Waals surface area contributed by atoms with E-state index in [0.29, 0.717) is 41.9 Å². The first-order valence-corrected chi connectivity index (χ1v) is 10.5. The lowest BCUT2D eigenvalue weighted by atomic mass is 9.73. The number of benzene rings is 2. The Bertz CT molecular complexity index is 1080. The lowest BCUT2D eigenvalue weighted by molar-refractivity contribution is -0.125. The van der Waals surface area contributed by atoms with E-state index in [1.54, 1.807) is 12.1 Å². The molecule has 2 aromatic carbocycles. The second-order valence-electron chi connectivity index (χ2n) is 7.04. The molecule has 2 heterocycles. The molecule has 1 aliphatic heterocycles. The molecule has 0 bridgehead atoms. The summed E-state index contributed by atoms with van der Waals surface area (Å²) < 4.78 is 6.39. The topological polar surface area (TPSA) is 80.3 Å². The molecule has 6 nitrogen and oxygen atoms in total. The number of aromatic nitrogens is 1. The van der Waals surface area contributed by atoms with Crippen LogP contribution in [0.5, 0.6) is 0 Å². The molecule has 1 fully saturated rings. The molecule has 0 aliphatic carbocycles. The average molecular weight is 430 g/mol. The summed E-state index contributed by atoms with van der Waals surface area (Å²) >= 11 is 7.57. The number of carbonyl (C=O) groups is 2. The van der Waals surface area contributed by atoms with Crippen LogP contribution in [0.15, 0.2) is 42.5 Å². The van der Waals surface area contributed by atoms with Gasteiger partial charge in [0.15, 0.2) is 5.13 Å². The van der Waals surface area contributed by atoms with Gasteiger partial charge in [-0.1, -0.05) is 35.1 Å². The Morgan fingerprint density at radius 3 is 2.66 bits per heavy atom. The Hall–Kier alpha value is -2.48. The molecular weight excluding hydrogens is 410 g/mol. The highest BCUT2D eigenvalue weighted by atomic mass is 35.5. The maximum Gasteiger partial charge on any atom is 0.236 e. The fourth-order valence-electron chi connectivity index (χ4n) is 3.63. The number of anilines is 2. The smallest absolute Gasteiger partial charge is 0.236 e. The number of rotatable bonds is 4. The van der Waals surface area contributed by atoms with Crippen LogP contribution in [0.25, 0.3) is 10.2 Å². The van der Waals surface area contributed by atoms with Gasteiger partial charge in [0.2, 0.25) is 11.8 Å². The van der Waals surface area contributed by atoms with Crippen LogP contribution in [0, 0.1) is 0 Å². The zero-order valence-electron chi connectivity index (χ0n) is 15.8. The van der Waals surface area contributed by atoms with Crippen LogP contribution in [0.1, 0.15) is 25.3 Å². The molecule has 4 rings (SSSR count). The van der Waals surface area contributed by atoms with E-state index in [1.807, 2.05) is 30.3 Å². The van der Waals surface area contributed by atoms with Gasteiger partial charge in [0.25, 0.3) is 0 Å². The summed E-state index contributed by atoms with van der Waals surface area (Å²) in [5.74, 6) is -0.241. The molecule has 0 radical (unpaired) electrons. The Labute approximate surface area is 177 Å². The van der Waals surface area contributed by atoms with Crippen molar-refractivity contribution in [3.05, 3.63) is 53.1 Å². The van der Waals surface area contributed by atoms with E-state index in [1.165, 1.54) is 18.3 Å². The van der Waals surface area contributed by atoms with Gasteiger partial charge in [-0.15, -0.1) is 0 Å². The Morgan fingerprint density at radius 1 is 1.14 bits per heavy atom. The summed E-state index contributed by atoms with van der Waals surface area (Å²) in [6.45, 7) is 2.49. The van der Waals surface area contributed by atoms with E-state index < -0.39 is 5.41 Å². The van der Waals surface area contributed by atoms with E-state index in [0.717, 1.165) is 15.8 Å². The van der Waals surface area contributed by atoms with Crippen LogP contribution >= 0.6 is 22.9 Å². The van der Waals surface area contributed by atoms with Crippen molar-refractivity contribution in [1.29, 1.82) is 0 Å². The van der Waals surface area contributed by atoms with Crippen LogP contribution in [-0.4, -0.2) is 30.0 Å². The van der Waals surface area contributed by atoms with Crippen molar-refractivity contribution in [3.8, 4) is 0 Å². The number of fused-ring (bicyclic) bond motifs is 1. The van der Waals surface area contributed by atoms with Crippen LogP contribution < -0.4 is 10.6 Å². The number of nitrogens with one attached hydrogen (secondary N) is 2. The van der Waals surface area contributed by atoms with Gasteiger partial charge >= 0.3 is 0 Å². The lowest BCUT2D eigenvalue weighted by Gasteiger charge is -2.36. The number of hydrogen-bond donors (Lipinski definition) is 2. The van der Waals surface area contributed by atoms with Gasteiger partial charge in [-0.05, 0) is 48.7 Å². The summed E-state index contributed by atoms with van der Waals surface area (Å²) in [4.78, 5) is 29.2. The second-order valence-corrected chi connectivity index (χ2v) is 8.51. The van der Waals surface area contributed by atoms with Crippen molar-refractivity contribution in [2.24, 2.45) is 0 Å². The van der Waals surface area contributed by atoms with Gasteiger partial charge in [0.05, 0.1) is 15.6 Å². The highest BCUT2D eigenvalue weighted by molar-refractivity contribution is 7.22. The van der Waals surface area contributed by atoms with Crippen molar-refractivity contribution >= 4 is 55.8 Å². The summed E-state index contributed by atoms with van der Waals surface area (Å²) in [5, 5.41) is 6.89. The summed E-state index contributed by atoms with van der Waals surface area (Å²) in [6, 6.07) is 12.9. The van der Waals surface area contributed by atoms with Gasteiger partial charge < -0.3 is 15.4 Å². The number of thiazole rings is 1. The van der Waals surface area contributed by atoms with E-state index >= 15 is 0 Å². The number of halogens is 1. The van der Waals surface area contributed by atoms with Crippen LogP contribution in [0.2, 0.25) is 5.02 Å². The molecule has 0 saturated carbocycles. The molecule has 29 heavy (non-hydrogen) atoms. The minimum Gasteiger partial charge on any atom is -0.381 e. The van der Waals surface area contributed by atoms with Gasteiger partial charge in [-0.3, -0.25) is 9.59 Å². The van der Waals surface area contributed by atoms with Gasteiger partial charge in [0.1, 0.15) is 0 Å². The second kappa shape index (κ2) is 8.10. The average Bonchev–Trinajstić information content (AvgIpc) is 3.09. The molecule has 3 aromatic rings. The van der Waals surface area contributed by atoms with Gasteiger partial charge in [-0.25, -0.2) is 4.98 Å². The van der Waals surface area contributed by atoms with E-state index in [9.17, 15) is 9.59 Å². The number of amides is 2. The SMILES string of the molecule is CC(=O)Nc1ccc2nc(NC(=O)C3(c4cccc(Cl)c4)CCOCC3)sc2c1. The molecule has 0 atom stereocenters. The quantitative estimate of drug-likeness (QED) is 0.635. The molecular formula is C21H20ClN3O3S. The molecule has 0 spiro atoms. The standard InChI is InChI=1S/C21H20ClN3O3S/c1-13(26)23-16-5-6-17-18(12-16)29-20(24-17)25-19(27)21(7-9-28-10-8-21)14-3-2-4-15(22)11-14/h2-6,11-12H,7-10H2,1H3,(H,23,26)(H,24,25,27). The monoisotopic (exact) mass is 429 g/mol. The third-order valence-corrected chi connectivity index (χ3v) is 6.26. The predicted octanol–water partition coefficient (Wildman–Crippen LogP) is 4.60. The zero-order chi connectivity index (χ0) is 20.4. The number of hydrogen-bond acceptors (Lipinski definition) is 5. The Morgan fingerprint density at radius 2 is 1.93 bits per heavy atom. The van der Waals surface area contributed by atoms with Crippen molar-refractivity contribution < 1.29 is 14.3 Å². The summed E-state index contributed by atoms with van der Waals surface area (Å²) in [5.41, 5.74) is 1.65. The minimum atomic E-state index is -0.706. The maximum absolute atomic E-state index is 13.4. The maximum atomic E-state index is 13.4. The highest BCUT2D eigenvalue weighted by Gasteiger charge is 2.42. The minimum absolute atomic E-state index is 0.107. The third kappa shape index (κ3) is 4.12. The molecule has 2 N–H and O–H groups in total. The van der Waals surface area contributed by atoms with Crippen LogP contribution in [0.4, 0.5) is 10.8 Å². The van der Waals surface area contributed by atoms with Crippen molar-refractivity contribution in [3.63, 3.8) is 0 Å². The van der Waals surface area contributed by atoms with E-state index in [-0.39, 0.29) is 11.8 Å². The van der Waals surface area contributed by atoms with Crippen molar-refractivity contribution in [2.45, 2.75) is 25.2 Å². The largest absolute Gasteiger partial charge is 0.381 e. The van der Waals surface area contributed by atoms with E-state index in [2.05, 4.69) is 15.6 Å². The van der Waals surface area contributed by atoms with Gasteiger partial charge in [-0.2, -0.15) is 0 Å². The lowest BCUT2D eigenvalue weighted by Crippen LogP contribution is -2.44. The Balaban J connectivity index is 1.63. The molecule has 2 amide bonds. The zero-order valence-corrected chi connectivity index (χ0v) is 17.4.